The molecule has 2 aromatic rings. The SMILES string of the molecule is CCN1CC(C)(C)OC(=O)C1CC(=O)CCc1ccc(-c2ccccc2)cc1. The molecule has 1 aliphatic rings. The molecular weight excluding hydrogens is 350 g/mol. The molecule has 0 spiro atoms. The molecule has 1 heterocycles. The third-order valence-corrected chi connectivity index (χ3v) is 5.25. The highest BCUT2D eigenvalue weighted by atomic mass is 16.6. The number of Topliss-reactive ketones (excluding diaryl/α,β-unsaturated/α-hetero) is 1. The van der Waals surface area contributed by atoms with Crippen molar-refractivity contribution < 1.29 is 14.3 Å². The van der Waals surface area contributed by atoms with Gasteiger partial charge >= 0.3 is 5.97 Å². The highest BCUT2D eigenvalue weighted by molar-refractivity contribution is 5.87. The van der Waals surface area contributed by atoms with Crippen LogP contribution in [0.4, 0.5) is 0 Å². The molecule has 0 bridgehead atoms. The topological polar surface area (TPSA) is 46.6 Å². The van der Waals surface area contributed by atoms with Gasteiger partial charge in [0, 0.05) is 19.4 Å². The van der Waals surface area contributed by atoms with Gasteiger partial charge in [-0.2, -0.15) is 0 Å². The lowest BCUT2D eigenvalue weighted by molar-refractivity contribution is -0.178. The van der Waals surface area contributed by atoms with Crippen LogP contribution < -0.4 is 0 Å². The third kappa shape index (κ3) is 5.08. The number of ketones is 1. The number of hydrogen-bond donors (Lipinski definition) is 0. The number of esters is 1. The third-order valence-electron chi connectivity index (χ3n) is 5.25. The van der Waals surface area contributed by atoms with E-state index in [4.69, 9.17) is 4.74 Å². The second-order valence-electron chi connectivity index (χ2n) is 8.07. The average molecular weight is 380 g/mol. The number of carbonyl (C=O) groups is 2. The number of morpholine rings is 1. The first-order chi connectivity index (χ1) is 13.4. The highest BCUT2D eigenvalue weighted by Gasteiger charge is 2.40. The summed E-state index contributed by atoms with van der Waals surface area (Å²) in [5.41, 5.74) is 2.99. The summed E-state index contributed by atoms with van der Waals surface area (Å²) in [6, 6.07) is 18.1. The van der Waals surface area contributed by atoms with Gasteiger partial charge in [-0.3, -0.25) is 14.5 Å². The monoisotopic (exact) mass is 379 g/mol. The average Bonchev–Trinajstić information content (AvgIpc) is 2.69. The summed E-state index contributed by atoms with van der Waals surface area (Å²) in [4.78, 5) is 26.9. The number of hydrogen-bond acceptors (Lipinski definition) is 4. The van der Waals surface area contributed by atoms with Gasteiger partial charge in [-0.25, -0.2) is 0 Å². The normalized spacial score (nSPS) is 19.2. The lowest BCUT2D eigenvalue weighted by atomic mass is 9.97. The van der Waals surface area contributed by atoms with Gasteiger partial charge in [-0.05, 0) is 43.5 Å². The van der Waals surface area contributed by atoms with Gasteiger partial charge in [-0.1, -0.05) is 61.5 Å². The van der Waals surface area contributed by atoms with Crippen molar-refractivity contribution in [2.45, 2.75) is 51.7 Å². The van der Waals surface area contributed by atoms with Gasteiger partial charge in [0.15, 0.2) is 0 Å². The Morgan fingerprint density at radius 3 is 2.36 bits per heavy atom. The lowest BCUT2D eigenvalue weighted by Gasteiger charge is -2.41. The predicted octanol–water partition coefficient (Wildman–Crippen LogP) is 4.27. The van der Waals surface area contributed by atoms with Crippen molar-refractivity contribution in [3.8, 4) is 11.1 Å². The molecular formula is C24H29NO3. The van der Waals surface area contributed by atoms with Gasteiger partial charge < -0.3 is 4.74 Å². The second kappa shape index (κ2) is 8.70. The number of benzene rings is 2. The number of carbonyl (C=O) groups excluding carboxylic acids is 2. The summed E-state index contributed by atoms with van der Waals surface area (Å²) in [6.07, 6.45) is 1.35. The van der Waals surface area contributed by atoms with Crippen LogP contribution in [0.1, 0.15) is 39.2 Å². The number of cyclic esters (lactones) is 1. The minimum absolute atomic E-state index is 0.104. The highest BCUT2D eigenvalue weighted by Crippen LogP contribution is 2.24. The molecule has 3 rings (SSSR count). The summed E-state index contributed by atoms with van der Waals surface area (Å²) in [5.74, 6) is -0.175. The van der Waals surface area contributed by atoms with Crippen molar-refractivity contribution in [3.05, 3.63) is 60.2 Å². The minimum atomic E-state index is -0.493. The molecule has 0 aliphatic carbocycles. The summed E-state index contributed by atoms with van der Waals surface area (Å²) in [5, 5.41) is 0. The van der Waals surface area contributed by atoms with Crippen LogP contribution in [0.25, 0.3) is 11.1 Å². The zero-order valence-corrected chi connectivity index (χ0v) is 17.0. The fraction of sp³-hybridized carbons (Fsp3) is 0.417. The van der Waals surface area contributed by atoms with Crippen LogP contribution in [0, 0.1) is 0 Å². The van der Waals surface area contributed by atoms with Crippen molar-refractivity contribution in [2.75, 3.05) is 13.1 Å². The van der Waals surface area contributed by atoms with Crippen LogP contribution in [-0.4, -0.2) is 41.4 Å². The van der Waals surface area contributed by atoms with E-state index in [1.165, 1.54) is 11.1 Å². The maximum Gasteiger partial charge on any atom is 0.324 e. The number of nitrogens with zero attached hydrogens (tertiary/aromatic N) is 1. The van der Waals surface area contributed by atoms with E-state index in [-0.39, 0.29) is 18.2 Å². The van der Waals surface area contributed by atoms with Crippen LogP contribution in [0.3, 0.4) is 0 Å². The maximum atomic E-state index is 12.5. The molecule has 1 fully saturated rings. The molecule has 0 radical (unpaired) electrons. The van der Waals surface area contributed by atoms with Crippen molar-refractivity contribution in [2.24, 2.45) is 0 Å². The van der Waals surface area contributed by atoms with Crippen molar-refractivity contribution >= 4 is 11.8 Å². The summed E-state index contributed by atoms with van der Waals surface area (Å²) in [7, 11) is 0. The summed E-state index contributed by atoms with van der Waals surface area (Å²) >= 11 is 0. The Kier molecular flexibility index (Phi) is 6.30. The quantitative estimate of drug-likeness (QED) is 0.674. The van der Waals surface area contributed by atoms with Gasteiger partial charge in [0.25, 0.3) is 0 Å². The molecule has 1 unspecified atom stereocenters. The van der Waals surface area contributed by atoms with Crippen molar-refractivity contribution in [1.82, 2.24) is 4.90 Å². The summed E-state index contributed by atoms with van der Waals surface area (Å²) < 4.78 is 5.50. The van der Waals surface area contributed by atoms with Gasteiger partial charge in [-0.15, -0.1) is 0 Å². The van der Waals surface area contributed by atoms with Gasteiger partial charge in [0.05, 0.1) is 0 Å². The van der Waals surface area contributed by atoms with E-state index in [9.17, 15) is 9.59 Å². The Hall–Kier alpha value is -2.46. The fourth-order valence-electron chi connectivity index (χ4n) is 3.76. The second-order valence-corrected chi connectivity index (χ2v) is 8.07. The van der Waals surface area contributed by atoms with Crippen LogP contribution >= 0.6 is 0 Å². The molecule has 1 atom stereocenters. The molecule has 2 aromatic carbocycles. The number of rotatable bonds is 7. The number of aryl methyl sites for hydroxylation is 1. The van der Waals surface area contributed by atoms with Crippen molar-refractivity contribution in [3.63, 3.8) is 0 Å². The van der Waals surface area contributed by atoms with Crippen LogP contribution in [0.2, 0.25) is 0 Å². The minimum Gasteiger partial charge on any atom is -0.457 e. The van der Waals surface area contributed by atoms with Crippen molar-refractivity contribution in [1.29, 1.82) is 0 Å². The molecule has 4 nitrogen and oxygen atoms in total. The van der Waals surface area contributed by atoms with E-state index in [2.05, 4.69) is 41.3 Å². The molecule has 0 saturated carbocycles. The van der Waals surface area contributed by atoms with Crippen LogP contribution in [-0.2, 0) is 20.7 Å². The molecule has 148 valence electrons. The van der Waals surface area contributed by atoms with Gasteiger partial charge in [0.2, 0.25) is 0 Å². The van der Waals surface area contributed by atoms with Crippen LogP contribution in [0.5, 0.6) is 0 Å². The molecule has 0 amide bonds. The van der Waals surface area contributed by atoms with E-state index in [0.717, 1.165) is 12.1 Å². The van der Waals surface area contributed by atoms with E-state index in [1.807, 2.05) is 39.0 Å². The lowest BCUT2D eigenvalue weighted by Crippen LogP contribution is -2.57. The number of ether oxygens (including phenoxy) is 1. The smallest absolute Gasteiger partial charge is 0.324 e. The first-order valence-electron chi connectivity index (χ1n) is 10.0. The zero-order valence-electron chi connectivity index (χ0n) is 17.0. The Labute approximate surface area is 167 Å². The number of likely N-dealkylation sites (N-methyl/N-ethyl adjacent to an activating group) is 1. The molecule has 28 heavy (non-hydrogen) atoms. The van der Waals surface area contributed by atoms with E-state index in [0.29, 0.717) is 19.4 Å². The Balaban J connectivity index is 1.55. The molecule has 0 N–H and O–H groups in total. The first-order valence-corrected chi connectivity index (χ1v) is 10.0. The fourth-order valence-corrected chi connectivity index (χ4v) is 3.76. The Morgan fingerprint density at radius 2 is 1.71 bits per heavy atom. The van der Waals surface area contributed by atoms with Crippen LogP contribution in [0.15, 0.2) is 54.6 Å². The molecule has 4 heteroatoms. The first kappa shape index (κ1) is 20.3. The Bertz CT molecular complexity index is 812. The maximum absolute atomic E-state index is 12.5. The summed E-state index contributed by atoms with van der Waals surface area (Å²) in [6.45, 7) is 7.22. The molecule has 1 aliphatic heterocycles. The zero-order chi connectivity index (χ0) is 20.1. The van der Waals surface area contributed by atoms with Gasteiger partial charge in [0.1, 0.15) is 17.4 Å². The van der Waals surface area contributed by atoms with E-state index >= 15 is 0 Å². The largest absolute Gasteiger partial charge is 0.457 e. The van der Waals surface area contributed by atoms with E-state index < -0.39 is 11.6 Å². The van der Waals surface area contributed by atoms with E-state index in [1.54, 1.807) is 0 Å². The molecule has 0 aromatic heterocycles. The standard InChI is InChI=1S/C24H29NO3/c1-4-25-17-24(2,3)28-23(27)22(25)16-21(26)15-12-18-10-13-20(14-11-18)19-8-6-5-7-9-19/h5-11,13-14,22H,4,12,15-17H2,1-3H3. The molecule has 1 saturated heterocycles. The predicted molar refractivity (Wildman–Crippen MR) is 111 cm³/mol. The Morgan fingerprint density at radius 1 is 1.07 bits per heavy atom.